The number of fused-ring (bicyclic) bond motifs is 3. The van der Waals surface area contributed by atoms with E-state index in [1.807, 2.05) is 4.90 Å². The van der Waals surface area contributed by atoms with Crippen LogP contribution >= 0.6 is 0 Å². The average Bonchev–Trinajstić information content (AvgIpc) is 3.58. The standard InChI is InChI=1S/C21H24N10O3S/c1-35(33,34)18-17(27-20-14(11-7-24-25-8-11)9-26-31(20)19(18)23)10-4-12-2-3-13(5-10)30(12)21(32)15-6-16(22)29-28-15/h6-10,12-13H,2-5,23H2,1H3,(H,24,25)(H3,22,28,29)/t10-,12+,13-. The van der Waals surface area contributed by atoms with Crippen molar-refractivity contribution in [2.75, 3.05) is 17.7 Å². The first kappa shape index (κ1) is 21.6. The molecule has 0 spiro atoms. The quantitative estimate of drug-likeness (QED) is 0.318. The van der Waals surface area contributed by atoms with Crippen LogP contribution in [0.4, 0.5) is 11.6 Å². The number of anilines is 2. The maximum absolute atomic E-state index is 13.2. The van der Waals surface area contributed by atoms with Crippen molar-refractivity contribution in [3.63, 3.8) is 0 Å². The van der Waals surface area contributed by atoms with E-state index in [1.165, 1.54) is 10.6 Å². The van der Waals surface area contributed by atoms with Gasteiger partial charge in [0.05, 0.1) is 18.1 Å². The minimum absolute atomic E-state index is 0.00244. The van der Waals surface area contributed by atoms with Crippen LogP contribution in [0.2, 0.25) is 0 Å². The molecule has 2 aliphatic rings. The smallest absolute Gasteiger partial charge is 0.272 e. The molecule has 2 bridgehead atoms. The number of aromatic nitrogens is 7. The van der Waals surface area contributed by atoms with Crippen LogP contribution in [0.3, 0.4) is 0 Å². The number of nitrogens with two attached hydrogens (primary N) is 2. The molecule has 4 aromatic rings. The van der Waals surface area contributed by atoms with E-state index in [0.29, 0.717) is 35.4 Å². The number of piperidine rings is 1. The van der Waals surface area contributed by atoms with Crippen molar-refractivity contribution in [2.24, 2.45) is 0 Å². The number of nitrogen functional groups attached to an aromatic ring is 2. The zero-order valence-corrected chi connectivity index (χ0v) is 19.7. The zero-order valence-electron chi connectivity index (χ0n) is 18.8. The van der Waals surface area contributed by atoms with E-state index >= 15 is 0 Å². The van der Waals surface area contributed by atoms with Crippen molar-refractivity contribution < 1.29 is 13.2 Å². The second kappa shape index (κ2) is 7.53. The second-order valence-corrected chi connectivity index (χ2v) is 11.2. The van der Waals surface area contributed by atoms with E-state index < -0.39 is 9.84 Å². The fourth-order valence-corrected chi connectivity index (χ4v) is 6.65. The molecule has 2 fully saturated rings. The average molecular weight is 497 g/mol. The van der Waals surface area contributed by atoms with Gasteiger partial charge in [-0.1, -0.05) is 0 Å². The molecule has 2 aliphatic heterocycles. The molecule has 13 nitrogen and oxygen atoms in total. The van der Waals surface area contributed by atoms with E-state index in [9.17, 15) is 13.2 Å². The van der Waals surface area contributed by atoms with Gasteiger partial charge in [0.25, 0.3) is 5.91 Å². The van der Waals surface area contributed by atoms with Crippen LogP contribution in [0.1, 0.15) is 47.8 Å². The van der Waals surface area contributed by atoms with Crippen LogP contribution in [0.15, 0.2) is 29.6 Å². The topological polar surface area (TPSA) is 194 Å². The summed E-state index contributed by atoms with van der Waals surface area (Å²) in [6.45, 7) is 0. The van der Waals surface area contributed by atoms with Crippen molar-refractivity contribution in [1.29, 1.82) is 0 Å². The van der Waals surface area contributed by atoms with Crippen LogP contribution in [-0.2, 0) is 9.84 Å². The number of nitrogens with one attached hydrogen (secondary N) is 2. The highest BCUT2D eigenvalue weighted by molar-refractivity contribution is 7.91. The maximum Gasteiger partial charge on any atom is 0.272 e. The molecule has 6 rings (SSSR count). The number of carbonyl (C=O) groups excluding carboxylic acids is 1. The van der Waals surface area contributed by atoms with Gasteiger partial charge in [0.1, 0.15) is 22.2 Å². The third kappa shape index (κ3) is 3.35. The van der Waals surface area contributed by atoms with E-state index in [1.54, 1.807) is 18.6 Å². The first-order valence-corrected chi connectivity index (χ1v) is 13.1. The molecule has 1 amide bonds. The Bertz CT molecular complexity index is 1540. The molecule has 35 heavy (non-hydrogen) atoms. The van der Waals surface area contributed by atoms with Crippen molar-refractivity contribution in [3.8, 4) is 11.1 Å². The molecule has 0 saturated carbocycles. The molecule has 2 saturated heterocycles. The van der Waals surface area contributed by atoms with E-state index in [-0.39, 0.29) is 40.4 Å². The lowest BCUT2D eigenvalue weighted by Crippen LogP contribution is -2.46. The van der Waals surface area contributed by atoms with Gasteiger partial charge in [0, 0.05) is 47.6 Å². The predicted octanol–water partition coefficient (Wildman–Crippen LogP) is 0.961. The van der Waals surface area contributed by atoms with Crippen LogP contribution in [0, 0.1) is 0 Å². The number of sulfone groups is 1. The van der Waals surface area contributed by atoms with Gasteiger partial charge in [-0.05, 0) is 25.7 Å². The van der Waals surface area contributed by atoms with E-state index in [0.717, 1.165) is 24.7 Å². The van der Waals surface area contributed by atoms with Crippen molar-refractivity contribution in [1.82, 2.24) is 39.9 Å². The minimum Gasteiger partial charge on any atom is -0.382 e. The third-order valence-electron chi connectivity index (χ3n) is 7.03. The van der Waals surface area contributed by atoms with Gasteiger partial charge in [0.2, 0.25) is 0 Å². The van der Waals surface area contributed by atoms with E-state index in [2.05, 4.69) is 25.5 Å². The van der Waals surface area contributed by atoms with Gasteiger partial charge in [-0.2, -0.15) is 19.8 Å². The van der Waals surface area contributed by atoms with Gasteiger partial charge in [-0.3, -0.25) is 15.0 Å². The van der Waals surface area contributed by atoms with Gasteiger partial charge >= 0.3 is 0 Å². The summed E-state index contributed by atoms with van der Waals surface area (Å²) in [6, 6.07) is 1.42. The highest BCUT2D eigenvalue weighted by atomic mass is 32.2. The largest absolute Gasteiger partial charge is 0.382 e. The minimum atomic E-state index is -3.71. The zero-order chi connectivity index (χ0) is 24.5. The number of nitrogens with zero attached hydrogens (tertiary/aromatic N) is 6. The molecule has 14 heteroatoms. The molecule has 6 N–H and O–H groups in total. The van der Waals surface area contributed by atoms with Crippen molar-refractivity contribution in [2.45, 2.75) is 48.6 Å². The summed E-state index contributed by atoms with van der Waals surface area (Å²) < 4.78 is 27.1. The van der Waals surface area contributed by atoms with Gasteiger partial charge < -0.3 is 16.4 Å². The van der Waals surface area contributed by atoms with E-state index in [4.69, 9.17) is 16.5 Å². The number of carbonyl (C=O) groups is 1. The predicted molar refractivity (Wildman–Crippen MR) is 126 cm³/mol. The molecular weight excluding hydrogens is 472 g/mol. The van der Waals surface area contributed by atoms with Crippen LogP contribution in [0.25, 0.3) is 16.8 Å². The number of hydrogen-bond donors (Lipinski definition) is 4. The molecule has 3 atom stereocenters. The monoisotopic (exact) mass is 496 g/mol. The Morgan fingerprint density at radius 2 is 1.91 bits per heavy atom. The summed E-state index contributed by atoms with van der Waals surface area (Å²) in [4.78, 5) is 19.9. The van der Waals surface area contributed by atoms with Gasteiger partial charge in [-0.15, -0.1) is 0 Å². The molecule has 4 aromatic heterocycles. The fourth-order valence-electron chi connectivity index (χ4n) is 5.59. The lowest BCUT2D eigenvalue weighted by molar-refractivity contribution is 0.0562. The molecule has 6 heterocycles. The lowest BCUT2D eigenvalue weighted by atomic mass is 9.87. The van der Waals surface area contributed by atoms with Crippen LogP contribution in [-0.4, -0.2) is 72.6 Å². The summed E-state index contributed by atoms with van der Waals surface area (Å²) in [6.07, 6.45) is 8.90. The Kier molecular flexibility index (Phi) is 4.64. The summed E-state index contributed by atoms with van der Waals surface area (Å²) in [5.41, 5.74) is 14.8. The molecule has 182 valence electrons. The normalized spacial score (nSPS) is 22.2. The Morgan fingerprint density at radius 1 is 1.17 bits per heavy atom. The fraction of sp³-hybridized carbons (Fsp3) is 0.381. The molecule has 0 aromatic carbocycles. The Hall–Kier alpha value is -3.94. The van der Waals surface area contributed by atoms with Crippen LogP contribution in [0.5, 0.6) is 0 Å². The summed E-state index contributed by atoms with van der Waals surface area (Å²) in [5.74, 6) is -0.0476. The molecule has 0 aliphatic carbocycles. The lowest BCUT2D eigenvalue weighted by Gasteiger charge is -2.39. The highest BCUT2D eigenvalue weighted by Crippen LogP contribution is 2.45. The highest BCUT2D eigenvalue weighted by Gasteiger charge is 2.46. The number of aromatic amines is 2. The first-order chi connectivity index (χ1) is 16.7. The van der Waals surface area contributed by atoms with Crippen molar-refractivity contribution in [3.05, 3.63) is 36.0 Å². The number of rotatable bonds is 4. The third-order valence-corrected chi connectivity index (χ3v) is 8.19. The van der Waals surface area contributed by atoms with Crippen LogP contribution < -0.4 is 11.5 Å². The number of H-pyrrole nitrogens is 2. The Morgan fingerprint density at radius 3 is 2.51 bits per heavy atom. The summed E-state index contributed by atoms with van der Waals surface area (Å²) in [7, 11) is -3.71. The Labute approximate surface area is 199 Å². The molecular formula is C21H24N10O3S. The second-order valence-electron chi connectivity index (χ2n) is 9.24. The molecule has 0 radical (unpaired) electrons. The van der Waals surface area contributed by atoms with Crippen molar-refractivity contribution >= 4 is 33.0 Å². The number of amides is 1. The van der Waals surface area contributed by atoms with Gasteiger partial charge in [-0.25, -0.2) is 13.4 Å². The SMILES string of the molecule is CS(=O)(=O)c1c([C@H]2C[C@H]3CC[C@@H](C2)N3C(=O)c2cc(N)n[nH]2)nc2c(-c3cn[nH]c3)cnn2c1N. The first-order valence-electron chi connectivity index (χ1n) is 11.2. The summed E-state index contributed by atoms with van der Waals surface area (Å²) in [5, 5.41) is 17.6. The number of hydrogen-bond acceptors (Lipinski definition) is 9. The Balaban J connectivity index is 1.43. The summed E-state index contributed by atoms with van der Waals surface area (Å²) >= 11 is 0. The maximum atomic E-state index is 13.2. The molecule has 0 unspecified atom stereocenters. The van der Waals surface area contributed by atoms with Gasteiger partial charge in [0.15, 0.2) is 15.5 Å².